The summed E-state index contributed by atoms with van der Waals surface area (Å²) in [5.41, 5.74) is 0.0822. The molecule has 0 aromatic rings. The molecule has 0 aliphatic rings. The van der Waals surface area contributed by atoms with Gasteiger partial charge in [-0.25, -0.2) is 4.39 Å². The van der Waals surface area contributed by atoms with Crippen LogP contribution in [0.1, 0.15) is 27.2 Å². The molecule has 0 aromatic carbocycles. The van der Waals surface area contributed by atoms with Crippen molar-refractivity contribution < 1.29 is 4.39 Å². The van der Waals surface area contributed by atoms with Crippen molar-refractivity contribution in [1.29, 1.82) is 0 Å². The molecule has 11 heavy (non-hydrogen) atoms. The average molecular weight is 355 g/mol. The third-order valence-corrected chi connectivity index (χ3v) is 3.70. The second kappa shape index (κ2) is 4.05. The van der Waals surface area contributed by atoms with Crippen LogP contribution in [0.15, 0.2) is 0 Å². The number of halogens is 4. The second-order valence-electron chi connectivity index (χ2n) is 3.65. The van der Waals surface area contributed by atoms with Crippen LogP contribution in [0.5, 0.6) is 0 Å². The molecule has 0 saturated carbocycles. The highest BCUT2D eigenvalue weighted by molar-refractivity contribution is 9.25. The standard InChI is InChI=1S/C7H12Br3F/c1-6(2,3)5(8)4-7(9,10)11/h5H,4H2,1-3H3. The van der Waals surface area contributed by atoms with Gasteiger partial charge in [0, 0.05) is 11.2 Å². The fourth-order valence-electron chi connectivity index (χ4n) is 0.509. The maximum Gasteiger partial charge on any atom is 0.220 e. The van der Waals surface area contributed by atoms with Crippen LogP contribution in [0.2, 0.25) is 0 Å². The van der Waals surface area contributed by atoms with Gasteiger partial charge >= 0.3 is 0 Å². The van der Waals surface area contributed by atoms with E-state index in [0.717, 1.165) is 0 Å². The molecule has 0 aromatic heterocycles. The lowest BCUT2D eigenvalue weighted by Crippen LogP contribution is -2.25. The molecule has 0 amide bonds. The Bertz CT molecular complexity index is 123. The van der Waals surface area contributed by atoms with E-state index in [4.69, 9.17) is 0 Å². The number of rotatable bonds is 2. The van der Waals surface area contributed by atoms with Gasteiger partial charge in [0.2, 0.25) is 3.49 Å². The molecular weight excluding hydrogens is 343 g/mol. The van der Waals surface area contributed by atoms with Crippen LogP contribution >= 0.6 is 47.8 Å². The van der Waals surface area contributed by atoms with Crippen LogP contribution in [0.3, 0.4) is 0 Å². The predicted molar refractivity (Wildman–Crippen MR) is 58.5 cm³/mol. The minimum Gasteiger partial charge on any atom is -0.219 e. The lowest BCUT2D eigenvalue weighted by molar-refractivity contribution is 0.323. The molecule has 0 radical (unpaired) electrons. The normalized spacial score (nSPS) is 16.6. The summed E-state index contributed by atoms with van der Waals surface area (Å²) in [6.07, 6.45) is 0.399. The molecule has 4 heteroatoms. The van der Waals surface area contributed by atoms with Gasteiger partial charge in [-0.2, -0.15) is 0 Å². The Kier molecular flexibility index (Phi) is 4.56. The van der Waals surface area contributed by atoms with E-state index in [-0.39, 0.29) is 10.2 Å². The molecule has 0 N–H and O–H groups in total. The molecule has 1 unspecified atom stereocenters. The van der Waals surface area contributed by atoms with E-state index < -0.39 is 3.49 Å². The quantitative estimate of drug-likeness (QED) is 0.636. The van der Waals surface area contributed by atoms with Crippen molar-refractivity contribution in [3.05, 3.63) is 0 Å². The van der Waals surface area contributed by atoms with Gasteiger partial charge < -0.3 is 0 Å². The summed E-state index contributed by atoms with van der Waals surface area (Å²) in [6.45, 7) is 6.20. The van der Waals surface area contributed by atoms with E-state index in [1.54, 1.807) is 0 Å². The summed E-state index contributed by atoms with van der Waals surface area (Å²) >= 11 is 9.22. The van der Waals surface area contributed by atoms with Crippen LogP contribution in [-0.4, -0.2) is 8.31 Å². The van der Waals surface area contributed by atoms with Gasteiger partial charge in [0.15, 0.2) is 0 Å². The molecule has 0 spiro atoms. The molecule has 0 rings (SSSR count). The van der Waals surface area contributed by atoms with Crippen LogP contribution in [-0.2, 0) is 0 Å². The highest BCUT2D eigenvalue weighted by atomic mass is 79.9. The van der Waals surface area contributed by atoms with E-state index >= 15 is 0 Å². The highest BCUT2D eigenvalue weighted by Crippen LogP contribution is 2.40. The third kappa shape index (κ3) is 6.52. The topological polar surface area (TPSA) is 0 Å². The summed E-state index contributed by atoms with van der Waals surface area (Å²) in [7, 11) is 0. The first kappa shape index (κ1) is 12.4. The zero-order chi connectivity index (χ0) is 9.28. The van der Waals surface area contributed by atoms with Gasteiger partial charge in [0.05, 0.1) is 0 Å². The van der Waals surface area contributed by atoms with Crippen molar-refractivity contribution in [3.63, 3.8) is 0 Å². The molecule has 68 valence electrons. The van der Waals surface area contributed by atoms with E-state index in [1.165, 1.54) is 0 Å². The van der Waals surface area contributed by atoms with Crippen LogP contribution in [0.25, 0.3) is 0 Å². The van der Waals surface area contributed by atoms with Crippen molar-refractivity contribution in [2.24, 2.45) is 5.41 Å². The summed E-state index contributed by atoms with van der Waals surface area (Å²) in [5.74, 6) is 0. The predicted octanol–water partition coefficient (Wildman–Crippen LogP) is 4.60. The molecule has 0 aliphatic heterocycles. The number of hydrogen-bond donors (Lipinski definition) is 0. The van der Waals surface area contributed by atoms with Gasteiger partial charge in [-0.15, -0.1) is 0 Å². The molecule has 0 aliphatic carbocycles. The second-order valence-corrected chi connectivity index (χ2v) is 8.34. The smallest absolute Gasteiger partial charge is 0.219 e. The Morgan fingerprint density at radius 2 is 1.64 bits per heavy atom. The molecular formula is C7H12Br3F. The Labute approximate surface area is 92.7 Å². The molecule has 0 saturated heterocycles. The molecule has 0 nitrogen and oxygen atoms in total. The maximum absolute atomic E-state index is 13.0. The minimum absolute atomic E-state index is 0.0822. The van der Waals surface area contributed by atoms with Crippen molar-refractivity contribution in [1.82, 2.24) is 0 Å². The average Bonchev–Trinajstić information content (AvgIpc) is 1.56. The van der Waals surface area contributed by atoms with Gasteiger partial charge in [0.25, 0.3) is 0 Å². The Hall–Kier alpha value is 1.37. The molecule has 0 heterocycles. The minimum atomic E-state index is -1.44. The van der Waals surface area contributed by atoms with Crippen LogP contribution in [0, 0.1) is 5.41 Å². The zero-order valence-electron chi connectivity index (χ0n) is 6.80. The van der Waals surface area contributed by atoms with Gasteiger partial charge in [-0.05, 0) is 37.3 Å². The monoisotopic (exact) mass is 352 g/mol. The Morgan fingerprint density at radius 1 is 1.27 bits per heavy atom. The summed E-state index contributed by atoms with van der Waals surface area (Å²) in [4.78, 5) is 0.152. The maximum atomic E-state index is 13.0. The van der Waals surface area contributed by atoms with Crippen LogP contribution in [0.4, 0.5) is 4.39 Å². The number of alkyl halides is 4. The Balaban J connectivity index is 3.99. The van der Waals surface area contributed by atoms with Crippen molar-refractivity contribution in [2.75, 3.05) is 0 Å². The fraction of sp³-hybridized carbons (Fsp3) is 1.00. The lowest BCUT2D eigenvalue weighted by atomic mass is 9.91. The van der Waals surface area contributed by atoms with Gasteiger partial charge in [0.1, 0.15) is 0 Å². The first-order valence-corrected chi connectivity index (χ1v) is 5.84. The van der Waals surface area contributed by atoms with Crippen molar-refractivity contribution in [2.45, 2.75) is 35.5 Å². The van der Waals surface area contributed by atoms with E-state index in [0.29, 0.717) is 6.42 Å². The van der Waals surface area contributed by atoms with E-state index in [1.807, 2.05) is 0 Å². The van der Waals surface area contributed by atoms with Crippen molar-refractivity contribution >= 4 is 47.8 Å². The molecule has 0 fully saturated rings. The largest absolute Gasteiger partial charge is 0.220 e. The first-order chi connectivity index (χ1) is 4.63. The van der Waals surface area contributed by atoms with E-state index in [9.17, 15) is 4.39 Å². The van der Waals surface area contributed by atoms with Crippen molar-refractivity contribution in [3.8, 4) is 0 Å². The summed E-state index contributed by atoms with van der Waals surface area (Å²) in [6, 6.07) is 0. The lowest BCUT2D eigenvalue weighted by Gasteiger charge is -2.27. The number of hydrogen-bond acceptors (Lipinski definition) is 0. The summed E-state index contributed by atoms with van der Waals surface area (Å²) in [5, 5.41) is 0. The molecule has 1 atom stereocenters. The third-order valence-electron chi connectivity index (χ3n) is 1.35. The fourth-order valence-corrected chi connectivity index (χ4v) is 2.47. The highest BCUT2D eigenvalue weighted by Gasteiger charge is 2.31. The Morgan fingerprint density at radius 3 is 1.73 bits per heavy atom. The van der Waals surface area contributed by atoms with Gasteiger partial charge in [-0.1, -0.05) is 36.7 Å². The van der Waals surface area contributed by atoms with Gasteiger partial charge in [-0.3, -0.25) is 0 Å². The first-order valence-electron chi connectivity index (χ1n) is 3.34. The SMILES string of the molecule is CC(C)(C)C(Br)CC(F)(Br)Br. The summed E-state index contributed by atoms with van der Waals surface area (Å²) < 4.78 is 11.5. The van der Waals surface area contributed by atoms with Crippen LogP contribution < -0.4 is 0 Å². The zero-order valence-corrected chi connectivity index (χ0v) is 11.6. The van der Waals surface area contributed by atoms with E-state index in [2.05, 4.69) is 68.6 Å². The molecule has 0 bridgehead atoms.